The highest BCUT2D eigenvalue weighted by Crippen LogP contribution is 2.24. The molecule has 34 heteroatoms. The fourth-order valence-corrected chi connectivity index (χ4v) is 19.9. The van der Waals surface area contributed by atoms with Crippen molar-refractivity contribution in [2.24, 2.45) is 22.9 Å². The normalized spacial score (nSPS) is 14.0. The molecule has 0 rings (SSSR count). The lowest BCUT2D eigenvalue weighted by Crippen LogP contribution is -2.54. The molecule has 26 nitrogen and oxygen atoms in total. The van der Waals surface area contributed by atoms with Gasteiger partial charge in [0.25, 0.3) is 0 Å². The summed E-state index contributed by atoms with van der Waals surface area (Å²) >= 11 is 0. The number of aliphatic hydroxyl groups is 2. The first kappa shape index (κ1) is 90.2. The molecule has 0 aromatic rings. The highest BCUT2D eigenvalue weighted by molar-refractivity contribution is 6.77. The van der Waals surface area contributed by atoms with Gasteiger partial charge >= 0.3 is 69.9 Å². The Kier molecular flexibility index (Phi) is 69.2. The van der Waals surface area contributed by atoms with Crippen LogP contribution in [0.15, 0.2) is 0 Å². The van der Waals surface area contributed by atoms with Gasteiger partial charge in [0.2, 0.25) is 0 Å². The van der Waals surface area contributed by atoms with Gasteiger partial charge in [-0.05, 0) is 126 Å². The van der Waals surface area contributed by atoms with Crippen LogP contribution in [0.2, 0.25) is 63.5 Å². The molecule has 73 heavy (non-hydrogen) atoms. The molecule has 0 spiro atoms. The first-order valence-corrected chi connectivity index (χ1v) is 42.6. The van der Waals surface area contributed by atoms with E-state index in [2.05, 4.69) is 17.7 Å². The SMILES string of the molecule is CCO.CCO[Si](C)(CCCN)O[Si](O)(CCCN)OCC.CCO[Si](O)(CCCN)OCC.CCO[Si](O)(CCCN)OCC.CO.CO[Si](C)(C)O[Si](C)(O)OC.CO[Si](C)(O)OC.CO[Si](C)(O)OC. The van der Waals surface area contributed by atoms with E-state index in [9.17, 15) is 19.2 Å². The standard InChI is InChI=1S/C11H30N2O4Si2.2C7H19NO3Si.C5H16O4Si2.2C3H10O3Si.C2H6O.CH4O/c1-4-15-18(3,10-6-8-12)17-19(14,16-5-2)11-7-9-13;2*1-3-10-12(9,11-4-2)7-5-6-8;1-7-10(3,4)9-11(5,6)8-2;2*1-5-7(3,4)6-2;1-2-3;1-2/h14H,4-13H2,1-3H3;2*9H,3-8H2,1-2H3;6H,1-5H3;2*4H,1-3H3;3H,2H2,1H3;2H,1H3. The van der Waals surface area contributed by atoms with Gasteiger partial charge in [0, 0.05) is 134 Å². The molecule has 0 aliphatic rings. The fourth-order valence-electron chi connectivity index (χ4n) is 4.55. The van der Waals surface area contributed by atoms with Crippen molar-refractivity contribution in [3.8, 4) is 0 Å². The summed E-state index contributed by atoms with van der Waals surface area (Å²) in [6, 6.07) is 2.37. The van der Waals surface area contributed by atoms with Gasteiger partial charge in [-0.3, -0.25) is 0 Å². The third-order valence-corrected chi connectivity index (χ3v) is 28.5. The lowest BCUT2D eigenvalue weighted by atomic mass is 10.5. The average Bonchev–Trinajstić information content (AvgIpc) is 3.33. The van der Waals surface area contributed by atoms with Crippen molar-refractivity contribution in [1.82, 2.24) is 0 Å². The summed E-state index contributed by atoms with van der Waals surface area (Å²) in [5, 5.41) is 14.6. The molecule has 0 saturated heterocycles. The first-order chi connectivity index (χ1) is 33.8. The van der Waals surface area contributed by atoms with Gasteiger partial charge in [-0.15, -0.1) is 0 Å². The molecule has 0 amide bonds. The predicted octanol–water partition coefficient (Wildman–Crippen LogP) is 1.30. The van der Waals surface area contributed by atoms with Crippen molar-refractivity contribution in [2.75, 3.05) is 122 Å². The van der Waals surface area contributed by atoms with Crippen molar-refractivity contribution < 1.29 is 100 Å². The predicted molar refractivity (Wildman–Crippen MR) is 303 cm³/mol. The van der Waals surface area contributed by atoms with Crippen LogP contribution >= 0.6 is 0 Å². The van der Waals surface area contributed by atoms with Crippen LogP contribution in [0, 0.1) is 0 Å². The fraction of sp³-hybridized carbons (Fsp3) is 1.00. The molecular formula is C39H114N4O22Si8. The Labute approximate surface area is 451 Å². The van der Waals surface area contributed by atoms with E-state index in [4.69, 9.17) is 86.4 Å². The molecule has 0 radical (unpaired) electrons. The monoisotopic (exact) mass is 1210 g/mol. The van der Waals surface area contributed by atoms with Gasteiger partial charge in [0.15, 0.2) is 0 Å². The van der Waals surface area contributed by atoms with Crippen LogP contribution in [-0.2, 0) is 61.3 Å². The van der Waals surface area contributed by atoms with Crippen molar-refractivity contribution in [3.05, 3.63) is 0 Å². The first-order valence-electron chi connectivity index (χ1n) is 24.5. The van der Waals surface area contributed by atoms with Crippen molar-refractivity contribution >= 4 is 69.9 Å². The van der Waals surface area contributed by atoms with Gasteiger partial charge in [-0.25, -0.2) is 0 Å². The molecule has 16 N–H and O–H groups in total. The number of hydrogen-bond donors (Lipinski definition) is 12. The van der Waals surface area contributed by atoms with Gasteiger partial charge in [0.1, 0.15) is 0 Å². The molecule has 0 fully saturated rings. The molecule has 0 heterocycles. The van der Waals surface area contributed by atoms with E-state index in [-0.39, 0.29) is 6.61 Å². The van der Waals surface area contributed by atoms with Crippen LogP contribution in [-0.4, -0.2) is 231 Å². The van der Waals surface area contributed by atoms with Gasteiger partial charge in [0.05, 0.1) is 0 Å². The zero-order valence-corrected chi connectivity index (χ0v) is 57.0. The molecule has 0 saturated carbocycles. The number of hydrogen-bond acceptors (Lipinski definition) is 26. The minimum Gasteiger partial charge on any atom is -0.400 e. The zero-order valence-electron chi connectivity index (χ0n) is 49.0. The van der Waals surface area contributed by atoms with Crippen molar-refractivity contribution in [3.63, 3.8) is 0 Å². The Bertz CT molecular complexity index is 1020. The molecule has 3 unspecified atom stereocenters. The quantitative estimate of drug-likeness (QED) is 0.0404. The van der Waals surface area contributed by atoms with E-state index in [0.29, 0.717) is 90.4 Å². The smallest absolute Gasteiger partial charge is 0.400 e. The van der Waals surface area contributed by atoms with Crippen molar-refractivity contribution in [1.29, 1.82) is 0 Å². The molecule has 0 aliphatic heterocycles. The molecule has 0 bridgehead atoms. The van der Waals surface area contributed by atoms with E-state index in [1.165, 1.54) is 35.5 Å². The third-order valence-electron chi connectivity index (χ3n) is 8.42. The molecule has 0 aromatic carbocycles. The topological polar surface area (TPSA) is 395 Å². The molecule has 0 aliphatic carbocycles. The Morgan fingerprint density at radius 2 is 0.575 bits per heavy atom. The Hall–Kier alpha value is 0.695. The second kappa shape index (κ2) is 56.0. The van der Waals surface area contributed by atoms with E-state index in [1.807, 2.05) is 61.2 Å². The minimum absolute atomic E-state index is 0.250. The Morgan fingerprint density at radius 1 is 0.342 bits per heavy atom. The summed E-state index contributed by atoms with van der Waals surface area (Å²) in [5.74, 6) is 0. The maximum atomic E-state index is 10.6. The second-order valence-electron chi connectivity index (χ2n) is 15.3. The summed E-state index contributed by atoms with van der Waals surface area (Å²) < 4.78 is 71.5. The van der Waals surface area contributed by atoms with Gasteiger partial charge in [-0.2, -0.15) is 0 Å². The van der Waals surface area contributed by atoms with Crippen LogP contribution in [0.5, 0.6) is 0 Å². The number of rotatable bonds is 34. The third kappa shape index (κ3) is 65.1. The van der Waals surface area contributed by atoms with E-state index in [0.717, 1.165) is 32.4 Å². The van der Waals surface area contributed by atoms with Gasteiger partial charge in [-0.1, -0.05) is 0 Å². The van der Waals surface area contributed by atoms with E-state index < -0.39 is 69.9 Å². The Morgan fingerprint density at radius 3 is 0.781 bits per heavy atom. The summed E-state index contributed by atoms with van der Waals surface area (Å²) in [6.07, 6.45) is 3.03. The maximum absolute atomic E-state index is 10.6. The maximum Gasteiger partial charge on any atom is 0.498 e. The zero-order chi connectivity index (χ0) is 59.3. The molecule has 454 valence electrons. The van der Waals surface area contributed by atoms with E-state index in [1.54, 1.807) is 33.7 Å². The molecule has 3 atom stereocenters. The summed E-state index contributed by atoms with van der Waals surface area (Å²) in [7, 11) is -11.9. The average molecular weight is 1220 g/mol. The summed E-state index contributed by atoms with van der Waals surface area (Å²) in [6.45, 7) is 28.7. The highest BCUT2D eigenvalue weighted by atomic mass is 28.5. The lowest BCUT2D eigenvalue weighted by Gasteiger charge is -2.34. The largest absolute Gasteiger partial charge is 0.498 e. The molecular weight excluding hydrogens is 1100 g/mol. The number of aliphatic hydroxyl groups excluding tert-OH is 2. The van der Waals surface area contributed by atoms with Crippen LogP contribution in [0.3, 0.4) is 0 Å². The van der Waals surface area contributed by atoms with Gasteiger partial charge < -0.3 is 123 Å². The summed E-state index contributed by atoms with van der Waals surface area (Å²) in [4.78, 5) is 57.2. The van der Waals surface area contributed by atoms with Crippen LogP contribution in [0.4, 0.5) is 0 Å². The minimum atomic E-state index is -3.18. The van der Waals surface area contributed by atoms with Crippen LogP contribution in [0.1, 0.15) is 74.1 Å². The Balaban J connectivity index is -0.000000117. The second-order valence-corrected chi connectivity index (χ2v) is 37.8. The highest BCUT2D eigenvalue weighted by Gasteiger charge is 2.46. The van der Waals surface area contributed by atoms with Crippen LogP contribution in [0.25, 0.3) is 0 Å². The van der Waals surface area contributed by atoms with Crippen LogP contribution < -0.4 is 22.9 Å². The van der Waals surface area contributed by atoms with E-state index >= 15 is 0 Å². The number of nitrogens with two attached hydrogens (primary N) is 4. The van der Waals surface area contributed by atoms with Crippen molar-refractivity contribution in [2.45, 2.75) is 138 Å². The molecule has 0 aromatic heterocycles. The lowest BCUT2D eigenvalue weighted by molar-refractivity contribution is 0.107. The summed E-state index contributed by atoms with van der Waals surface area (Å²) in [5.41, 5.74) is 21.7.